The van der Waals surface area contributed by atoms with Crippen LogP contribution in [0.3, 0.4) is 0 Å². The summed E-state index contributed by atoms with van der Waals surface area (Å²) >= 11 is 1.63. The van der Waals surface area contributed by atoms with Gasteiger partial charge in [0.15, 0.2) is 5.06 Å². The lowest BCUT2D eigenvalue weighted by Gasteiger charge is -1.92. The number of rotatable bonds is 1. The summed E-state index contributed by atoms with van der Waals surface area (Å²) in [5.74, 6) is 0. The first-order chi connectivity index (χ1) is 3.84. The molecule has 44 valence electrons. The summed E-state index contributed by atoms with van der Waals surface area (Å²) < 4.78 is 5.00. The van der Waals surface area contributed by atoms with Gasteiger partial charge >= 0.3 is 0 Å². The summed E-state index contributed by atoms with van der Waals surface area (Å²) in [4.78, 5) is 0. The molecule has 1 rings (SSSR count). The standard InChI is InChI=1S/C6H8OS/c1-5-3-4-8-6(5)7-2/h3-4H,1-2H3. The minimum absolute atomic E-state index is 1.02. The van der Waals surface area contributed by atoms with Gasteiger partial charge in [0.2, 0.25) is 0 Å². The fourth-order valence-corrected chi connectivity index (χ4v) is 1.31. The van der Waals surface area contributed by atoms with Crippen molar-refractivity contribution in [3.63, 3.8) is 0 Å². The van der Waals surface area contributed by atoms with Crippen LogP contribution in [0.2, 0.25) is 0 Å². The maximum Gasteiger partial charge on any atom is 0.176 e. The Labute approximate surface area is 52.9 Å². The van der Waals surface area contributed by atoms with Gasteiger partial charge in [0, 0.05) is 5.56 Å². The number of ether oxygens (including phenoxy) is 1. The molecule has 8 heavy (non-hydrogen) atoms. The number of hydrogen-bond acceptors (Lipinski definition) is 2. The molecule has 1 aromatic rings. The van der Waals surface area contributed by atoms with Gasteiger partial charge in [-0.15, -0.1) is 11.3 Å². The molecule has 0 aliphatic rings. The molecule has 0 fully saturated rings. The highest BCUT2D eigenvalue weighted by Crippen LogP contribution is 2.23. The van der Waals surface area contributed by atoms with Crippen LogP contribution in [0.25, 0.3) is 0 Å². The molecule has 0 amide bonds. The van der Waals surface area contributed by atoms with Crippen molar-refractivity contribution in [2.75, 3.05) is 7.11 Å². The van der Waals surface area contributed by atoms with E-state index in [0.29, 0.717) is 0 Å². The van der Waals surface area contributed by atoms with Crippen LogP contribution in [0, 0.1) is 6.92 Å². The molecule has 0 radical (unpaired) electrons. The van der Waals surface area contributed by atoms with Gasteiger partial charge in [-0.1, -0.05) is 0 Å². The Morgan fingerprint density at radius 1 is 1.62 bits per heavy atom. The van der Waals surface area contributed by atoms with Crippen molar-refractivity contribution in [3.05, 3.63) is 17.0 Å². The Hall–Kier alpha value is -0.500. The largest absolute Gasteiger partial charge is 0.487 e. The average molecular weight is 128 g/mol. The fourth-order valence-electron chi connectivity index (χ4n) is 0.568. The van der Waals surface area contributed by atoms with Gasteiger partial charge in [-0.25, -0.2) is 0 Å². The Morgan fingerprint density at radius 2 is 2.38 bits per heavy atom. The fraction of sp³-hybridized carbons (Fsp3) is 0.333. The zero-order valence-corrected chi connectivity index (χ0v) is 5.79. The molecule has 1 heterocycles. The second-order valence-electron chi connectivity index (χ2n) is 1.60. The molecule has 0 saturated carbocycles. The van der Waals surface area contributed by atoms with Crippen LogP contribution >= 0.6 is 11.3 Å². The highest BCUT2D eigenvalue weighted by molar-refractivity contribution is 7.12. The van der Waals surface area contributed by atoms with Gasteiger partial charge in [-0.2, -0.15) is 0 Å². The minimum Gasteiger partial charge on any atom is -0.487 e. The molecule has 2 heteroatoms. The van der Waals surface area contributed by atoms with Gasteiger partial charge in [0.25, 0.3) is 0 Å². The monoisotopic (exact) mass is 128 g/mol. The van der Waals surface area contributed by atoms with Crippen molar-refractivity contribution in [2.24, 2.45) is 0 Å². The molecule has 0 saturated heterocycles. The molecule has 0 bridgehead atoms. The average Bonchev–Trinajstić information content (AvgIpc) is 2.14. The Morgan fingerprint density at radius 3 is 2.62 bits per heavy atom. The van der Waals surface area contributed by atoms with E-state index >= 15 is 0 Å². The molecule has 0 unspecified atom stereocenters. The first-order valence-electron chi connectivity index (χ1n) is 2.42. The van der Waals surface area contributed by atoms with Crippen LogP contribution in [0.5, 0.6) is 5.06 Å². The SMILES string of the molecule is COc1sccc1C. The van der Waals surface area contributed by atoms with Crippen LogP contribution in [0.15, 0.2) is 11.4 Å². The quantitative estimate of drug-likeness (QED) is 0.562. The molecule has 1 aromatic heterocycles. The number of thiophene rings is 1. The summed E-state index contributed by atoms with van der Waals surface area (Å²) in [6, 6.07) is 2.05. The topological polar surface area (TPSA) is 9.23 Å². The maximum absolute atomic E-state index is 5.00. The van der Waals surface area contributed by atoms with E-state index in [9.17, 15) is 0 Å². The predicted molar refractivity (Wildman–Crippen MR) is 35.6 cm³/mol. The molecular weight excluding hydrogens is 120 g/mol. The van der Waals surface area contributed by atoms with E-state index in [4.69, 9.17) is 4.74 Å². The first kappa shape index (κ1) is 5.63. The molecule has 0 N–H and O–H groups in total. The van der Waals surface area contributed by atoms with Crippen LogP contribution in [-0.4, -0.2) is 7.11 Å². The zero-order chi connectivity index (χ0) is 5.98. The van der Waals surface area contributed by atoms with Crippen molar-refractivity contribution < 1.29 is 4.74 Å². The molecule has 0 aromatic carbocycles. The summed E-state index contributed by atoms with van der Waals surface area (Å²) in [5.41, 5.74) is 1.22. The van der Waals surface area contributed by atoms with Gasteiger partial charge in [0.05, 0.1) is 7.11 Å². The van der Waals surface area contributed by atoms with Gasteiger partial charge < -0.3 is 4.74 Å². The van der Waals surface area contributed by atoms with Gasteiger partial charge in [-0.3, -0.25) is 0 Å². The third-order valence-electron chi connectivity index (χ3n) is 1.00. The van der Waals surface area contributed by atoms with E-state index in [1.54, 1.807) is 18.4 Å². The van der Waals surface area contributed by atoms with Crippen LogP contribution in [0.4, 0.5) is 0 Å². The molecule has 1 nitrogen and oxygen atoms in total. The second kappa shape index (κ2) is 2.18. The lowest BCUT2D eigenvalue weighted by molar-refractivity contribution is 0.424. The van der Waals surface area contributed by atoms with Crippen molar-refractivity contribution >= 4 is 11.3 Å². The Kier molecular flexibility index (Phi) is 1.53. The van der Waals surface area contributed by atoms with Crippen LogP contribution < -0.4 is 4.74 Å². The number of aryl methyl sites for hydroxylation is 1. The van der Waals surface area contributed by atoms with Crippen LogP contribution in [0.1, 0.15) is 5.56 Å². The predicted octanol–water partition coefficient (Wildman–Crippen LogP) is 2.07. The van der Waals surface area contributed by atoms with Gasteiger partial charge in [0.1, 0.15) is 0 Å². The van der Waals surface area contributed by atoms with Crippen molar-refractivity contribution in [1.82, 2.24) is 0 Å². The summed E-state index contributed by atoms with van der Waals surface area (Å²) in [6.45, 7) is 2.04. The molecule has 0 aliphatic carbocycles. The van der Waals surface area contributed by atoms with E-state index < -0.39 is 0 Å². The van der Waals surface area contributed by atoms with E-state index in [-0.39, 0.29) is 0 Å². The Bertz CT molecular complexity index is 169. The van der Waals surface area contributed by atoms with Crippen molar-refractivity contribution in [1.29, 1.82) is 0 Å². The molecule has 0 aliphatic heterocycles. The highest BCUT2D eigenvalue weighted by atomic mass is 32.1. The summed E-state index contributed by atoms with van der Waals surface area (Å²) in [6.07, 6.45) is 0. The third-order valence-corrected chi connectivity index (χ3v) is 1.98. The summed E-state index contributed by atoms with van der Waals surface area (Å²) in [5, 5.41) is 3.04. The number of hydrogen-bond donors (Lipinski definition) is 0. The second-order valence-corrected chi connectivity index (χ2v) is 2.47. The Balaban J connectivity index is 2.92. The maximum atomic E-state index is 5.00. The normalized spacial score (nSPS) is 9.25. The van der Waals surface area contributed by atoms with Crippen molar-refractivity contribution in [3.8, 4) is 5.06 Å². The lowest BCUT2D eigenvalue weighted by Crippen LogP contribution is -1.77. The van der Waals surface area contributed by atoms with E-state index in [0.717, 1.165) is 5.06 Å². The lowest BCUT2D eigenvalue weighted by atomic mass is 10.4. The molecule has 0 atom stereocenters. The third kappa shape index (κ3) is 0.842. The smallest absolute Gasteiger partial charge is 0.176 e. The zero-order valence-electron chi connectivity index (χ0n) is 4.97. The molecular formula is C6H8OS. The van der Waals surface area contributed by atoms with Crippen molar-refractivity contribution in [2.45, 2.75) is 6.92 Å². The van der Waals surface area contributed by atoms with E-state index in [1.807, 2.05) is 18.4 Å². The van der Waals surface area contributed by atoms with E-state index in [2.05, 4.69) is 0 Å². The van der Waals surface area contributed by atoms with E-state index in [1.165, 1.54) is 5.56 Å². The first-order valence-corrected chi connectivity index (χ1v) is 3.30. The van der Waals surface area contributed by atoms with Gasteiger partial charge in [-0.05, 0) is 18.4 Å². The van der Waals surface area contributed by atoms with Crippen LogP contribution in [-0.2, 0) is 0 Å². The minimum atomic E-state index is 1.02. The molecule has 0 spiro atoms. The highest BCUT2D eigenvalue weighted by Gasteiger charge is 1.94. The summed E-state index contributed by atoms with van der Waals surface area (Å²) in [7, 11) is 1.69. The number of methoxy groups -OCH3 is 1.